The Morgan fingerprint density at radius 2 is 1.06 bits per heavy atom. The molecule has 0 aliphatic carbocycles. The van der Waals surface area contributed by atoms with Crippen LogP contribution in [0.2, 0.25) is 0 Å². The van der Waals surface area contributed by atoms with Gasteiger partial charge in [0.15, 0.2) is 0 Å². The van der Waals surface area contributed by atoms with Crippen LogP contribution in [0.4, 0.5) is 0 Å². The standard InChI is InChI=1S/C30H19BrN2/c31-25-12-4-8-16-30(25)33-28-15-7-3-11-23(28)24-19-20(17-18-29(24)33)32-26-13-5-1-9-21(26)22-10-2-6-14-27(22)32/h1-19H/i1D,2D,3D,5D,6D,7D,9D,10D,11D,13D,14D,15D,17D,18D,19D. The monoisotopic (exact) mass is 501 g/mol. The summed E-state index contributed by atoms with van der Waals surface area (Å²) < 4.78 is 134. The number of rotatable bonds is 2. The predicted molar refractivity (Wildman–Crippen MR) is 143 cm³/mol. The van der Waals surface area contributed by atoms with E-state index in [0.717, 1.165) is 4.57 Å². The molecule has 7 rings (SSSR count). The zero-order chi connectivity index (χ0) is 35.0. The highest BCUT2D eigenvalue weighted by molar-refractivity contribution is 9.10. The van der Waals surface area contributed by atoms with E-state index in [-0.39, 0.29) is 43.6 Å². The minimum atomic E-state index is -0.698. The van der Waals surface area contributed by atoms with Gasteiger partial charge < -0.3 is 9.13 Å². The van der Waals surface area contributed by atoms with Gasteiger partial charge >= 0.3 is 0 Å². The second kappa shape index (κ2) is 7.09. The van der Waals surface area contributed by atoms with Crippen molar-refractivity contribution in [1.82, 2.24) is 9.13 Å². The van der Waals surface area contributed by atoms with Gasteiger partial charge in [-0.3, -0.25) is 0 Å². The molecular formula is C30H19BrN2. The van der Waals surface area contributed by atoms with Crippen LogP contribution in [0, 0.1) is 0 Å². The third-order valence-corrected chi connectivity index (χ3v) is 6.16. The van der Waals surface area contributed by atoms with Crippen molar-refractivity contribution < 1.29 is 20.6 Å². The molecule has 0 aliphatic rings. The number of para-hydroxylation sites is 4. The Balaban J connectivity index is 1.85. The van der Waals surface area contributed by atoms with E-state index in [2.05, 4.69) is 15.9 Å². The molecule has 0 unspecified atom stereocenters. The molecule has 0 amide bonds. The lowest BCUT2D eigenvalue weighted by Gasteiger charge is -2.11. The van der Waals surface area contributed by atoms with Crippen molar-refractivity contribution >= 4 is 59.5 Å². The lowest BCUT2D eigenvalue weighted by Crippen LogP contribution is -1.96. The number of fused-ring (bicyclic) bond motifs is 6. The summed E-state index contributed by atoms with van der Waals surface area (Å²) in [5.74, 6) is 0. The molecule has 156 valence electrons. The maximum atomic E-state index is 9.56. The zero-order valence-electron chi connectivity index (χ0n) is 31.6. The van der Waals surface area contributed by atoms with Crippen molar-refractivity contribution in [3.63, 3.8) is 0 Å². The average Bonchev–Trinajstić information content (AvgIpc) is 3.60. The van der Waals surface area contributed by atoms with Crippen LogP contribution in [0.25, 0.3) is 55.0 Å². The first-order chi connectivity index (χ1) is 22.6. The van der Waals surface area contributed by atoms with Gasteiger partial charge in [-0.1, -0.05) is 66.5 Å². The normalized spacial score (nSPS) is 18.2. The maximum Gasteiger partial charge on any atom is 0.0652 e. The van der Waals surface area contributed by atoms with Gasteiger partial charge in [0.2, 0.25) is 0 Å². The molecule has 0 N–H and O–H groups in total. The number of nitrogens with zero attached hydrogens (tertiary/aromatic N) is 2. The van der Waals surface area contributed by atoms with Crippen LogP contribution in [0.3, 0.4) is 0 Å². The molecule has 33 heavy (non-hydrogen) atoms. The van der Waals surface area contributed by atoms with E-state index in [1.807, 2.05) is 0 Å². The van der Waals surface area contributed by atoms with E-state index >= 15 is 0 Å². The summed E-state index contributed by atoms with van der Waals surface area (Å²) in [7, 11) is 0. The average molecular weight is 502 g/mol. The molecule has 2 nitrogen and oxygen atoms in total. The Bertz CT molecular complexity index is 2560. The third kappa shape index (κ3) is 2.66. The van der Waals surface area contributed by atoms with Gasteiger partial charge in [-0.05, 0) is 64.3 Å². The Labute approximate surface area is 220 Å². The Morgan fingerprint density at radius 1 is 0.545 bits per heavy atom. The van der Waals surface area contributed by atoms with Gasteiger partial charge in [0, 0.05) is 31.7 Å². The molecule has 0 atom stereocenters. The first-order valence-electron chi connectivity index (χ1n) is 17.4. The van der Waals surface area contributed by atoms with Crippen LogP contribution < -0.4 is 0 Å². The lowest BCUT2D eigenvalue weighted by atomic mass is 10.1. The topological polar surface area (TPSA) is 9.86 Å². The summed E-state index contributed by atoms with van der Waals surface area (Å²) >= 11 is 3.47. The van der Waals surface area contributed by atoms with Gasteiger partial charge in [-0.2, -0.15) is 0 Å². The molecule has 0 saturated heterocycles. The molecule has 0 saturated carbocycles. The molecule has 7 aromatic rings. The molecule has 3 heteroatoms. The summed E-state index contributed by atoms with van der Waals surface area (Å²) in [5, 5.41) is -0.853. The number of hydrogen-bond acceptors (Lipinski definition) is 0. The van der Waals surface area contributed by atoms with Gasteiger partial charge in [0.05, 0.1) is 48.3 Å². The molecule has 0 aliphatic heterocycles. The van der Waals surface area contributed by atoms with Crippen molar-refractivity contribution in [2.75, 3.05) is 0 Å². The summed E-state index contributed by atoms with van der Waals surface area (Å²) in [4.78, 5) is 0. The molecule has 0 fully saturated rings. The third-order valence-electron chi connectivity index (χ3n) is 5.49. The van der Waals surface area contributed by atoms with E-state index in [0.29, 0.717) is 10.2 Å². The second-order valence-electron chi connectivity index (χ2n) is 7.24. The van der Waals surface area contributed by atoms with Gasteiger partial charge in [-0.15, -0.1) is 0 Å². The summed E-state index contributed by atoms with van der Waals surface area (Å²) in [5.41, 5.74) is -0.996. The maximum absolute atomic E-state index is 9.56. The molecule has 0 radical (unpaired) electrons. The van der Waals surface area contributed by atoms with Crippen LogP contribution in [-0.2, 0) is 0 Å². The highest BCUT2D eigenvalue weighted by Gasteiger charge is 2.16. The summed E-state index contributed by atoms with van der Waals surface area (Å²) in [6.45, 7) is 0. The predicted octanol–water partition coefficient (Wildman–Crippen LogP) is 8.64. The second-order valence-corrected chi connectivity index (χ2v) is 8.09. The number of aromatic nitrogens is 2. The quantitative estimate of drug-likeness (QED) is 0.224. The van der Waals surface area contributed by atoms with E-state index in [4.69, 9.17) is 16.4 Å². The molecule has 5 aromatic carbocycles. The largest absolute Gasteiger partial charge is 0.309 e. The SMILES string of the molecule is [2H]c1c([2H])c([2H])c2c(c1[2H])c1c([2H])c(-n3c4c([2H])c([2H])c([2H])c([2H])c4c4c([2H])c([2H])c([2H])c([2H])c43)c([2H])c([2H])c1n2-c1ccccc1Br. The molecule has 0 spiro atoms. The van der Waals surface area contributed by atoms with Crippen molar-refractivity contribution in [2.45, 2.75) is 0 Å². The van der Waals surface area contributed by atoms with Crippen molar-refractivity contribution in [2.24, 2.45) is 0 Å². The number of benzene rings is 5. The van der Waals surface area contributed by atoms with Crippen LogP contribution in [0.5, 0.6) is 0 Å². The highest BCUT2D eigenvalue weighted by Crippen LogP contribution is 2.37. The van der Waals surface area contributed by atoms with E-state index in [9.17, 15) is 4.11 Å². The fourth-order valence-corrected chi connectivity index (χ4v) is 4.60. The summed E-state index contributed by atoms with van der Waals surface area (Å²) in [6.07, 6.45) is 0. The zero-order valence-corrected chi connectivity index (χ0v) is 18.2. The minimum Gasteiger partial charge on any atom is -0.309 e. The van der Waals surface area contributed by atoms with E-state index in [1.165, 1.54) is 4.57 Å². The van der Waals surface area contributed by atoms with E-state index in [1.54, 1.807) is 24.3 Å². The highest BCUT2D eigenvalue weighted by atomic mass is 79.9. The Hall–Kier alpha value is -3.82. The minimum absolute atomic E-state index is 0.0764. The molecular weight excluding hydrogens is 468 g/mol. The number of halogens is 1. The first kappa shape index (κ1) is 9.20. The fourth-order valence-electron chi connectivity index (χ4n) is 4.13. The molecule has 2 aromatic heterocycles. The number of hydrogen-bond donors (Lipinski definition) is 0. The van der Waals surface area contributed by atoms with Gasteiger partial charge in [0.25, 0.3) is 0 Å². The van der Waals surface area contributed by atoms with Crippen LogP contribution in [0.1, 0.15) is 20.6 Å². The summed E-state index contributed by atoms with van der Waals surface area (Å²) in [6, 6.07) is -2.48. The van der Waals surface area contributed by atoms with Crippen molar-refractivity contribution in [3.8, 4) is 11.4 Å². The molecule has 0 bridgehead atoms. The van der Waals surface area contributed by atoms with Crippen molar-refractivity contribution in [1.29, 1.82) is 0 Å². The van der Waals surface area contributed by atoms with Crippen LogP contribution in [0.15, 0.2) is 119 Å². The fraction of sp³-hybridized carbons (Fsp3) is 0. The smallest absolute Gasteiger partial charge is 0.0652 e. The first-order valence-corrected chi connectivity index (χ1v) is 10.7. The van der Waals surface area contributed by atoms with Crippen LogP contribution >= 0.6 is 15.9 Å². The Kier molecular flexibility index (Phi) is 1.98. The van der Waals surface area contributed by atoms with E-state index < -0.39 is 96.3 Å². The van der Waals surface area contributed by atoms with Crippen LogP contribution in [-0.4, -0.2) is 9.13 Å². The molecule has 2 heterocycles. The van der Waals surface area contributed by atoms with Crippen molar-refractivity contribution in [3.05, 3.63) is 119 Å². The van der Waals surface area contributed by atoms with Gasteiger partial charge in [-0.25, -0.2) is 0 Å². The van der Waals surface area contributed by atoms with Gasteiger partial charge in [0.1, 0.15) is 0 Å². The lowest BCUT2D eigenvalue weighted by molar-refractivity contribution is 1.16. The Morgan fingerprint density at radius 3 is 1.70 bits per heavy atom.